The molecule has 20 heavy (non-hydrogen) atoms. The van der Waals surface area contributed by atoms with Gasteiger partial charge in [0, 0.05) is 11.2 Å². The van der Waals surface area contributed by atoms with Crippen molar-refractivity contribution in [2.75, 3.05) is 18.5 Å². The quantitative estimate of drug-likeness (QED) is 0.753. The van der Waals surface area contributed by atoms with Crippen molar-refractivity contribution in [3.63, 3.8) is 0 Å². The topological polar surface area (TPSA) is 50.4 Å². The van der Waals surface area contributed by atoms with Gasteiger partial charge in [-0.15, -0.1) is 0 Å². The molecular formula is C16H26N2O2. The number of hydrogen-bond donors (Lipinski definition) is 2. The molecule has 0 aromatic heterocycles. The summed E-state index contributed by atoms with van der Waals surface area (Å²) in [5, 5.41) is 6.00. The van der Waals surface area contributed by atoms with Crippen molar-refractivity contribution < 1.29 is 9.53 Å². The molecule has 112 valence electrons. The molecule has 0 heterocycles. The van der Waals surface area contributed by atoms with Crippen molar-refractivity contribution >= 4 is 11.6 Å². The molecular weight excluding hydrogens is 252 g/mol. The van der Waals surface area contributed by atoms with E-state index in [1.165, 1.54) is 0 Å². The largest absolute Gasteiger partial charge is 0.494 e. The van der Waals surface area contributed by atoms with Crippen molar-refractivity contribution in [1.82, 2.24) is 5.32 Å². The first kappa shape index (κ1) is 16.3. The van der Waals surface area contributed by atoms with Gasteiger partial charge < -0.3 is 15.4 Å². The Kier molecular flexibility index (Phi) is 6.36. The summed E-state index contributed by atoms with van der Waals surface area (Å²) < 4.78 is 5.59. The summed E-state index contributed by atoms with van der Waals surface area (Å²) in [7, 11) is 0. The summed E-state index contributed by atoms with van der Waals surface area (Å²) in [5.74, 6) is 0.851. The number of ether oxygens (including phenoxy) is 1. The van der Waals surface area contributed by atoms with Crippen LogP contribution >= 0.6 is 0 Å². The SMILES string of the molecule is CCCCOc1ccc(NCC(=O)NC(C)(C)C)cc1. The van der Waals surface area contributed by atoms with E-state index >= 15 is 0 Å². The number of carbonyl (C=O) groups is 1. The zero-order chi connectivity index (χ0) is 15.0. The molecule has 0 unspecified atom stereocenters. The van der Waals surface area contributed by atoms with Crippen LogP contribution in [0.5, 0.6) is 5.75 Å². The number of amides is 1. The van der Waals surface area contributed by atoms with Gasteiger partial charge in [0.15, 0.2) is 0 Å². The number of benzene rings is 1. The van der Waals surface area contributed by atoms with Gasteiger partial charge in [-0.3, -0.25) is 4.79 Å². The van der Waals surface area contributed by atoms with E-state index < -0.39 is 0 Å². The number of hydrogen-bond acceptors (Lipinski definition) is 3. The Bertz CT molecular complexity index is 407. The van der Waals surface area contributed by atoms with E-state index in [0.717, 1.165) is 30.9 Å². The zero-order valence-corrected chi connectivity index (χ0v) is 13.0. The molecule has 2 N–H and O–H groups in total. The first-order chi connectivity index (χ1) is 9.40. The molecule has 0 saturated carbocycles. The summed E-state index contributed by atoms with van der Waals surface area (Å²) in [6.07, 6.45) is 2.19. The van der Waals surface area contributed by atoms with Gasteiger partial charge >= 0.3 is 0 Å². The minimum atomic E-state index is -0.199. The Morgan fingerprint density at radius 1 is 1.20 bits per heavy atom. The van der Waals surface area contributed by atoms with Crippen LogP contribution in [0, 0.1) is 0 Å². The van der Waals surface area contributed by atoms with Crippen LogP contribution in [0.1, 0.15) is 40.5 Å². The summed E-state index contributed by atoms with van der Waals surface area (Å²) in [5.41, 5.74) is 0.715. The number of nitrogens with one attached hydrogen (secondary N) is 2. The third kappa shape index (κ3) is 7.02. The van der Waals surface area contributed by atoms with Gasteiger partial charge in [-0.05, 0) is 51.5 Å². The van der Waals surface area contributed by atoms with Crippen LogP contribution in [-0.2, 0) is 4.79 Å². The first-order valence-corrected chi connectivity index (χ1v) is 7.18. The highest BCUT2D eigenvalue weighted by Crippen LogP contribution is 2.15. The molecule has 1 aromatic rings. The molecule has 0 atom stereocenters. The smallest absolute Gasteiger partial charge is 0.239 e. The normalized spacial score (nSPS) is 11.0. The van der Waals surface area contributed by atoms with E-state index in [0.29, 0.717) is 0 Å². The molecule has 1 rings (SSSR count). The van der Waals surface area contributed by atoms with Crippen LogP contribution < -0.4 is 15.4 Å². The second kappa shape index (κ2) is 7.78. The van der Waals surface area contributed by atoms with Crippen LogP contribution in [0.3, 0.4) is 0 Å². The van der Waals surface area contributed by atoms with Gasteiger partial charge in [-0.25, -0.2) is 0 Å². The second-order valence-corrected chi connectivity index (χ2v) is 5.88. The maximum absolute atomic E-state index is 11.7. The number of unbranched alkanes of at least 4 members (excludes halogenated alkanes) is 1. The van der Waals surface area contributed by atoms with Gasteiger partial charge in [0.05, 0.1) is 13.2 Å². The third-order valence-corrected chi connectivity index (χ3v) is 2.59. The Hall–Kier alpha value is -1.71. The molecule has 0 bridgehead atoms. The molecule has 1 aromatic carbocycles. The molecule has 0 aliphatic rings. The van der Waals surface area contributed by atoms with E-state index in [1.54, 1.807) is 0 Å². The Balaban J connectivity index is 2.36. The van der Waals surface area contributed by atoms with Crippen LogP contribution in [0.15, 0.2) is 24.3 Å². The minimum Gasteiger partial charge on any atom is -0.494 e. The van der Waals surface area contributed by atoms with Crippen molar-refractivity contribution in [2.24, 2.45) is 0 Å². The van der Waals surface area contributed by atoms with E-state index in [1.807, 2.05) is 45.0 Å². The van der Waals surface area contributed by atoms with Gasteiger partial charge in [0.25, 0.3) is 0 Å². The highest BCUT2D eigenvalue weighted by molar-refractivity contribution is 5.81. The van der Waals surface area contributed by atoms with Crippen LogP contribution in [-0.4, -0.2) is 24.6 Å². The lowest BCUT2D eigenvalue weighted by Gasteiger charge is -2.20. The summed E-state index contributed by atoms with van der Waals surface area (Å²) in [6, 6.07) is 7.68. The monoisotopic (exact) mass is 278 g/mol. The van der Waals surface area contributed by atoms with Gasteiger partial charge in [-0.1, -0.05) is 13.3 Å². The fraction of sp³-hybridized carbons (Fsp3) is 0.562. The highest BCUT2D eigenvalue weighted by Gasteiger charge is 2.12. The lowest BCUT2D eigenvalue weighted by Crippen LogP contribution is -2.43. The van der Waals surface area contributed by atoms with Crippen LogP contribution in [0.4, 0.5) is 5.69 Å². The molecule has 0 aliphatic carbocycles. The molecule has 1 amide bonds. The maximum atomic E-state index is 11.7. The minimum absolute atomic E-state index is 0.0132. The fourth-order valence-corrected chi connectivity index (χ4v) is 1.65. The molecule has 0 aliphatic heterocycles. The first-order valence-electron chi connectivity index (χ1n) is 7.18. The lowest BCUT2D eigenvalue weighted by molar-refractivity contribution is -0.120. The molecule has 4 heteroatoms. The van der Waals surface area contributed by atoms with Crippen molar-refractivity contribution in [1.29, 1.82) is 0 Å². The lowest BCUT2D eigenvalue weighted by atomic mass is 10.1. The number of rotatable bonds is 7. The van der Waals surface area contributed by atoms with Gasteiger partial charge in [0.1, 0.15) is 5.75 Å². The van der Waals surface area contributed by atoms with Crippen molar-refractivity contribution in [3.05, 3.63) is 24.3 Å². The second-order valence-electron chi connectivity index (χ2n) is 5.88. The standard InChI is InChI=1S/C16H26N2O2/c1-5-6-11-20-14-9-7-13(8-10-14)17-12-15(19)18-16(2,3)4/h7-10,17H,5-6,11-12H2,1-4H3,(H,18,19). The predicted molar refractivity (Wildman–Crippen MR) is 83.2 cm³/mol. The van der Waals surface area contributed by atoms with Gasteiger partial charge in [-0.2, -0.15) is 0 Å². The summed E-state index contributed by atoms with van der Waals surface area (Å²) in [6.45, 7) is 9.05. The predicted octanol–water partition coefficient (Wildman–Crippen LogP) is 3.19. The Morgan fingerprint density at radius 2 is 1.85 bits per heavy atom. The van der Waals surface area contributed by atoms with Crippen molar-refractivity contribution in [2.45, 2.75) is 46.1 Å². The highest BCUT2D eigenvalue weighted by atomic mass is 16.5. The molecule has 4 nitrogen and oxygen atoms in total. The molecule has 0 spiro atoms. The Morgan fingerprint density at radius 3 is 2.40 bits per heavy atom. The maximum Gasteiger partial charge on any atom is 0.239 e. The number of carbonyl (C=O) groups excluding carboxylic acids is 1. The fourth-order valence-electron chi connectivity index (χ4n) is 1.65. The zero-order valence-electron chi connectivity index (χ0n) is 13.0. The van der Waals surface area contributed by atoms with Crippen LogP contribution in [0.25, 0.3) is 0 Å². The molecule has 0 fully saturated rings. The van der Waals surface area contributed by atoms with Gasteiger partial charge in [0.2, 0.25) is 5.91 Å². The summed E-state index contributed by atoms with van der Waals surface area (Å²) >= 11 is 0. The van der Waals surface area contributed by atoms with E-state index in [4.69, 9.17) is 4.74 Å². The van der Waals surface area contributed by atoms with E-state index in [-0.39, 0.29) is 18.0 Å². The summed E-state index contributed by atoms with van der Waals surface area (Å²) in [4.78, 5) is 11.7. The molecule has 0 radical (unpaired) electrons. The number of anilines is 1. The van der Waals surface area contributed by atoms with Crippen LogP contribution in [0.2, 0.25) is 0 Å². The average molecular weight is 278 g/mol. The van der Waals surface area contributed by atoms with E-state index in [2.05, 4.69) is 17.6 Å². The Labute approximate surface area is 121 Å². The van der Waals surface area contributed by atoms with E-state index in [9.17, 15) is 4.79 Å². The third-order valence-electron chi connectivity index (χ3n) is 2.59. The average Bonchev–Trinajstić information content (AvgIpc) is 2.36. The molecule has 0 saturated heterocycles. The van der Waals surface area contributed by atoms with Crippen molar-refractivity contribution in [3.8, 4) is 5.75 Å².